The topological polar surface area (TPSA) is 43.6 Å². The lowest BCUT2D eigenvalue weighted by atomic mass is 10.3. The van der Waals surface area contributed by atoms with E-state index in [1.54, 1.807) is 18.0 Å². The summed E-state index contributed by atoms with van der Waals surface area (Å²) >= 11 is 1.75. The fraction of sp³-hybridized carbons (Fsp3) is 0.300. The lowest BCUT2D eigenvalue weighted by Crippen LogP contribution is -2.00. The van der Waals surface area contributed by atoms with Gasteiger partial charge in [-0.3, -0.25) is 4.98 Å². The van der Waals surface area contributed by atoms with Crippen molar-refractivity contribution in [3.8, 4) is 0 Å². The first-order valence-corrected chi connectivity index (χ1v) is 6.05. The molecule has 0 atom stereocenters. The van der Waals surface area contributed by atoms with Gasteiger partial charge < -0.3 is 0 Å². The van der Waals surface area contributed by atoms with Crippen molar-refractivity contribution in [2.75, 3.05) is 6.26 Å². The van der Waals surface area contributed by atoms with Crippen molar-refractivity contribution in [3.05, 3.63) is 42.0 Å². The quantitative estimate of drug-likeness (QED) is 0.784. The maximum Gasteiger partial charge on any atom is 0.0925 e. The minimum atomic E-state index is 0.731. The van der Waals surface area contributed by atoms with Crippen LogP contribution in [0, 0.1) is 0 Å². The van der Waals surface area contributed by atoms with Gasteiger partial charge in [-0.1, -0.05) is 11.3 Å². The second kappa shape index (κ2) is 4.93. The highest BCUT2D eigenvalue weighted by Gasteiger charge is 2.00. The van der Waals surface area contributed by atoms with Gasteiger partial charge in [-0.2, -0.15) is 11.8 Å². The molecule has 0 aliphatic heterocycles. The van der Waals surface area contributed by atoms with Crippen LogP contribution in [0.1, 0.15) is 11.3 Å². The monoisotopic (exact) mass is 220 g/mol. The number of rotatable bonds is 4. The molecule has 0 aliphatic rings. The SMILES string of the molecule is CSCc1cn(Cc2cccnc2)nn1. The molecule has 2 heterocycles. The molecule has 4 nitrogen and oxygen atoms in total. The summed E-state index contributed by atoms with van der Waals surface area (Å²) < 4.78 is 1.84. The zero-order valence-electron chi connectivity index (χ0n) is 8.50. The van der Waals surface area contributed by atoms with Crippen LogP contribution in [0.3, 0.4) is 0 Å². The molecule has 5 heteroatoms. The molecule has 0 radical (unpaired) electrons. The number of thioether (sulfide) groups is 1. The molecular formula is C10H12N4S. The van der Waals surface area contributed by atoms with Crippen molar-refractivity contribution >= 4 is 11.8 Å². The number of aromatic nitrogens is 4. The molecule has 0 aliphatic carbocycles. The van der Waals surface area contributed by atoms with Crippen molar-refractivity contribution in [1.82, 2.24) is 20.0 Å². The number of nitrogens with zero attached hydrogens (tertiary/aromatic N) is 4. The van der Waals surface area contributed by atoms with Gasteiger partial charge in [-0.25, -0.2) is 4.68 Å². The van der Waals surface area contributed by atoms with Crippen LogP contribution in [0.25, 0.3) is 0 Å². The van der Waals surface area contributed by atoms with Crippen LogP contribution in [0.2, 0.25) is 0 Å². The van der Waals surface area contributed by atoms with E-state index in [1.165, 1.54) is 0 Å². The Bertz CT molecular complexity index is 412. The molecule has 78 valence electrons. The second-order valence-electron chi connectivity index (χ2n) is 3.20. The van der Waals surface area contributed by atoms with Gasteiger partial charge in [0.15, 0.2) is 0 Å². The van der Waals surface area contributed by atoms with E-state index in [-0.39, 0.29) is 0 Å². The summed E-state index contributed by atoms with van der Waals surface area (Å²) in [7, 11) is 0. The Morgan fingerprint density at radius 3 is 3.13 bits per heavy atom. The molecule has 2 aromatic rings. The molecule has 0 N–H and O–H groups in total. The Morgan fingerprint density at radius 1 is 1.47 bits per heavy atom. The molecule has 2 rings (SSSR count). The van der Waals surface area contributed by atoms with E-state index in [9.17, 15) is 0 Å². The smallest absolute Gasteiger partial charge is 0.0925 e. The van der Waals surface area contributed by atoms with Gasteiger partial charge in [-0.05, 0) is 17.9 Å². The Labute approximate surface area is 92.7 Å². The van der Waals surface area contributed by atoms with Crippen molar-refractivity contribution in [1.29, 1.82) is 0 Å². The van der Waals surface area contributed by atoms with E-state index in [1.807, 2.05) is 29.2 Å². The molecule has 0 unspecified atom stereocenters. The second-order valence-corrected chi connectivity index (χ2v) is 4.07. The highest BCUT2D eigenvalue weighted by atomic mass is 32.2. The van der Waals surface area contributed by atoms with Gasteiger partial charge in [-0.15, -0.1) is 5.10 Å². The van der Waals surface area contributed by atoms with E-state index < -0.39 is 0 Å². The summed E-state index contributed by atoms with van der Waals surface area (Å²) in [5.74, 6) is 0.910. The number of hydrogen-bond donors (Lipinski definition) is 0. The van der Waals surface area contributed by atoms with Crippen LogP contribution in [0.5, 0.6) is 0 Å². The number of pyridine rings is 1. The molecule has 0 fully saturated rings. The normalized spacial score (nSPS) is 10.5. The zero-order valence-corrected chi connectivity index (χ0v) is 9.31. The lowest BCUT2D eigenvalue weighted by molar-refractivity contribution is 0.648. The van der Waals surface area contributed by atoms with Crippen LogP contribution >= 0.6 is 11.8 Å². The average Bonchev–Trinajstić information content (AvgIpc) is 2.68. The third kappa shape index (κ3) is 2.79. The minimum absolute atomic E-state index is 0.731. The molecule has 15 heavy (non-hydrogen) atoms. The molecule has 0 aromatic carbocycles. The third-order valence-electron chi connectivity index (χ3n) is 1.95. The minimum Gasteiger partial charge on any atom is -0.264 e. The molecule has 0 saturated heterocycles. The molecule has 0 spiro atoms. The van der Waals surface area contributed by atoms with Crippen molar-refractivity contribution in [3.63, 3.8) is 0 Å². The van der Waals surface area contributed by atoms with Gasteiger partial charge in [0.05, 0.1) is 12.2 Å². The maximum atomic E-state index is 4.07. The standard InChI is InChI=1S/C10H12N4S/c1-15-8-10-7-14(13-12-10)6-9-3-2-4-11-5-9/h2-5,7H,6,8H2,1H3. The van der Waals surface area contributed by atoms with Crippen LogP contribution in [0.4, 0.5) is 0 Å². The predicted molar refractivity (Wildman–Crippen MR) is 60.6 cm³/mol. The van der Waals surface area contributed by atoms with E-state index in [0.29, 0.717) is 0 Å². The first-order valence-electron chi connectivity index (χ1n) is 4.65. The predicted octanol–water partition coefficient (Wildman–Crippen LogP) is 1.58. The summed E-state index contributed by atoms with van der Waals surface area (Å²) in [5.41, 5.74) is 2.16. The fourth-order valence-electron chi connectivity index (χ4n) is 1.31. The molecule has 0 amide bonds. The Kier molecular flexibility index (Phi) is 3.34. The average molecular weight is 220 g/mol. The highest BCUT2D eigenvalue weighted by Crippen LogP contribution is 2.06. The van der Waals surface area contributed by atoms with Crippen LogP contribution in [-0.4, -0.2) is 26.2 Å². The Balaban J connectivity index is 2.05. The molecular weight excluding hydrogens is 208 g/mol. The zero-order chi connectivity index (χ0) is 10.5. The summed E-state index contributed by atoms with van der Waals surface area (Å²) in [6.45, 7) is 0.731. The van der Waals surface area contributed by atoms with Crippen LogP contribution in [0.15, 0.2) is 30.7 Å². The van der Waals surface area contributed by atoms with Gasteiger partial charge in [0.1, 0.15) is 0 Å². The fourth-order valence-corrected chi connectivity index (χ4v) is 1.74. The van der Waals surface area contributed by atoms with E-state index in [2.05, 4.69) is 21.6 Å². The summed E-state index contributed by atoms with van der Waals surface area (Å²) in [6.07, 6.45) is 7.64. The summed E-state index contributed by atoms with van der Waals surface area (Å²) in [4.78, 5) is 4.06. The highest BCUT2D eigenvalue weighted by molar-refractivity contribution is 7.97. The van der Waals surface area contributed by atoms with Crippen molar-refractivity contribution in [2.24, 2.45) is 0 Å². The van der Waals surface area contributed by atoms with E-state index in [0.717, 1.165) is 23.6 Å². The largest absolute Gasteiger partial charge is 0.264 e. The van der Waals surface area contributed by atoms with Crippen molar-refractivity contribution < 1.29 is 0 Å². The molecule has 2 aromatic heterocycles. The van der Waals surface area contributed by atoms with Gasteiger partial charge >= 0.3 is 0 Å². The summed E-state index contributed by atoms with van der Waals surface area (Å²) in [6, 6.07) is 3.96. The Hall–Kier alpha value is -1.36. The first-order chi connectivity index (χ1) is 7.38. The van der Waals surface area contributed by atoms with Crippen LogP contribution < -0.4 is 0 Å². The lowest BCUT2D eigenvalue weighted by Gasteiger charge is -1.98. The summed E-state index contributed by atoms with van der Waals surface area (Å²) in [5, 5.41) is 8.13. The number of hydrogen-bond acceptors (Lipinski definition) is 4. The molecule has 0 bridgehead atoms. The Morgan fingerprint density at radius 2 is 2.40 bits per heavy atom. The van der Waals surface area contributed by atoms with Gasteiger partial charge in [0.25, 0.3) is 0 Å². The third-order valence-corrected chi connectivity index (χ3v) is 2.53. The van der Waals surface area contributed by atoms with E-state index >= 15 is 0 Å². The first kappa shape index (κ1) is 10.2. The van der Waals surface area contributed by atoms with Gasteiger partial charge in [0, 0.05) is 24.3 Å². The molecule has 0 saturated carbocycles. The van der Waals surface area contributed by atoms with Crippen molar-refractivity contribution in [2.45, 2.75) is 12.3 Å². The maximum absolute atomic E-state index is 4.07. The van der Waals surface area contributed by atoms with Crippen LogP contribution in [-0.2, 0) is 12.3 Å². The van der Waals surface area contributed by atoms with E-state index in [4.69, 9.17) is 0 Å². The van der Waals surface area contributed by atoms with Gasteiger partial charge in [0.2, 0.25) is 0 Å².